The molecule has 0 bridgehead atoms. The summed E-state index contributed by atoms with van der Waals surface area (Å²) in [4.78, 5) is 15.5. The second kappa shape index (κ2) is 6.01. The number of anilines is 2. The average molecular weight is 299 g/mol. The summed E-state index contributed by atoms with van der Waals surface area (Å²) in [6.07, 6.45) is 1.52. The molecule has 2 aromatic heterocycles. The van der Waals surface area contributed by atoms with Gasteiger partial charge in [-0.05, 0) is 14.0 Å². The summed E-state index contributed by atoms with van der Waals surface area (Å²) < 4.78 is 25.0. The molecule has 9 nitrogen and oxygen atoms in total. The van der Waals surface area contributed by atoms with Crippen LogP contribution in [0.2, 0.25) is 0 Å². The first-order valence-electron chi connectivity index (χ1n) is 6.16. The van der Waals surface area contributed by atoms with Gasteiger partial charge in [-0.15, -0.1) is 0 Å². The molecule has 0 aliphatic heterocycles. The van der Waals surface area contributed by atoms with Gasteiger partial charge in [0.15, 0.2) is 11.5 Å². The predicted octanol–water partition coefficient (Wildman–Crippen LogP) is -0.254. The Morgan fingerprint density at radius 1 is 1.30 bits per heavy atom. The van der Waals surface area contributed by atoms with Crippen LogP contribution in [-0.2, 0) is 10.0 Å². The molecule has 0 atom stereocenters. The van der Waals surface area contributed by atoms with Crippen molar-refractivity contribution in [1.82, 2.24) is 24.7 Å². The third kappa shape index (κ3) is 3.33. The van der Waals surface area contributed by atoms with E-state index in [1.54, 1.807) is 0 Å². The van der Waals surface area contributed by atoms with E-state index in [0.717, 1.165) is 0 Å². The molecule has 0 radical (unpaired) electrons. The van der Waals surface area contributed by atoms with E-state index in [-0.39, 0.29) is 12.3 Å². The van der Waals surface area contributed by atoms with Crippen molar-refractivity contribution in [3.05, 3.63) is 6.33 Å². The zero-order valence-corrected chi connectivity index (χ0v) is 12.1. The highest BCUT2D eigenvalue weighted by molar-refractivity contribution is 7.89. The normalized spacial score (nSPS) is 11.7. The Bertz CT molecular complexity index is 682. The van der Waals surface area contributed by atoms with E-state index < -0.39 is 10.0 Å². The smallest absolute Gasteiger partial charge is 0.226 e. The highest BCUT2D eigenvalue weighted by atomic mass is 32.2. The fraction of sp³-hybridized carbons (Fsp3) is 0.500. The van der Waals surface area contributed by atoms with Crippen LogP contribution in [0.1, 0.15) is 6.92 Å². The van der Waals surface area contributed by atoms with Crippen LogP contribution in [0.15, 0.2) is 6.33 Å². The van der Waals surface area contributed by atoms with Gasteiger partial charge in [0.25, 0.3) is 0 Å². The molecular weight excluding hydrogens is 282 g/mol. The van der Waals surface area contributed by atoms with Crippen molar-refractivity contribution in [3.63, 3.8) is 0 Å². The third-order valence-corrected chi connectivity index (χ3v) is 3.96. The molecule has 0 unspecified atom stereocenters. The van der Waals surface area contributed by atoms with Crippen molar-refractivity contribution < 1.29 is 8.42 Å². The van der Waals surface area contributed by atoms with Crippen LogP contribution in [0.4, 0.5) is 11.8 Å². The van der Waals surface area contributed by atoms with Crippen molar-refractivity contribution in [1.29, 1.82) is 0 Å². The molecule has 0 saturated heterocycles. The average Bonchev–Trinajstić information content (AvgIpc) is 2.87. The van der Waals surface area contributed by atoms with Gasteiger partial charge in [0, 0.05) is 13.1 Å². The van der Waals surface area contributed by atoms with Gasteiger partial charge in [-0.2, -0.15) is 9.97 Å². The summed E-state index contributed by atoms with van der Waals surface area (Å²) in [6.45, 7) is 2.86. The summed E-state index contributed by atoms with van der Waals surface area (Å²) >= 11 is 0. The standard InChI is InChI=1S/C10H17N7O2S/c1-3-12-10-16-8(7-9(17-10)15-6-14-7)13-4-5-20(18,19)11-2/h6,11H,3-5H2,1-2H3,(H3,12,13,14,15,16,17). The van der Waals surface area contributed by atoms with Crippen LogP contribution in [0.25, 0.3) is 11.2 Å². The fourth-order valence-electron chi connectivity index (χ4n) is 1.60. The summed E-state index contributed by atoms with van der Waals surface area (Å²) in [5.41, 5.74) is 1.17. The van der Waals surface area contributed by atoms with Crippen LogP contribution >= 0.6 is 0 Å². The maximum atomic E-state index is 11.4. The minimum absolute atomic E-state index is 0.0420. The van der Waals surface area contributed by atoms with Gasteiger partial charge in [-0.25, -0.2) is 18.1 Å². The molecular formula is C10H17N7O2S. The van der Waals surface area contributed by atoms with E-state index in [0.29, 0.717) is 29.5 Å². The Morgan fingerprint density at radius 2 is 2.10 bits per heavy atom. The van der Waals surface area contributed by atoms with Crippen LogP contribution in [0.3, 0.4) is 0 Å². The van der Waals surface area contributed by atoms with Gasteiger partial charge in [-0.1, -0.05) is 0 Å². The minimum atomic E-state index is -3.25. The number of nitrogens with zero attached hydrogens (tertiary/aromatic N) is 3. The molecule has 2 heterocycles. The second-order valence-corrected chi connectivity index (χ2v) is 6.02. The van der Waals surface area contributed by atoms with E-state index >= 15 is 0 Å². The Morgan fingerprint density at radius 3 is 2.80 bits per heavy atom. The number of fused-ring (bicyclic) bond motifs is 1. The topological polar surface area (TPSA) is 125 Å². The number of rotatable bonds is 7. The molecule has 0 spiro atoms. The lowest BCUT2D eigenvalue weighted by Gasteiger charge is -2.08. The number of hydrogen-bond acceptors (Lipinski definition) is 7. The first kappa shape index (κ1) is 14.5. The molecule has 0 aliphatic carbocycles. The van der Waals surface area contributed by atoms with Crippen molar-refractivity contribution >= 4 is 33.0 Å². The van der Waals surface area contributed by atoms with Gasteiger partial charge >= 0.3 is 0 Å². The molecule has 110 valence electrons. The lowest BCUT2D eigenvalue weighted by molar-refractivity contribution is 0.588. The van der Waals surface area contributed by atoms with Crippen LogP contribution < -0.4 is 15.4 Å². The van der Waals surface area contributed by atoms with Crippen molar-refractivity contribution in [2.75, 3.05) is 36.5 Å². The van der Waals surface area contributed by atoms with Crippen LogP contribution in [-0.4, -0.2) is 54.2 Å². The molecule has 20 heavy (non-hydrogen) atoms. The summed E-state index contributed by atoms with van der Waals surface area (Å²) in [7, 11) is -1.86. The largest absolute Gasteiger partial charge is 0.367 e. The Balaban J connectivity index is 2.17. The van der Waals surface area contributed by atoms with Gasteiger partial charge < -0.3 is 15.6 Å². The molecule has 0 saturated carbocycles. The molecule has 2 aromatic rings. The molecule has 10 heteroatoms. The highest BCUT2D eigenvalue weighted by Crippen LogP contribution is 2.18. The number of sulfonamides is 1. The first-order valence-corrected chi connectivity index (χ1v) is 7.81. The number of nitrogens with one attached hydrogen (secondary N) is 4. The van der Waals surface area contributed by atoms with Crippen molar-refractivity contribution in [3.8, 4) is 0 Å². The Labute approximate surface area is 116 Å². The van der Waals surface area contributed by atoms with Crippen molar-refractivity contribution in [2.45, 2.75) is 6.92 Å². The van der Waals surface area contributed by atoms with E-state index in [2.05, 4.69) is 35.3 Å². The molecule has 0 aliphatic rings. The summed E-state index contributed by atoms with van der Waals surface area (Å²) in [5.74, 6) is 0.931. The lowest BCUT2D eigenvalue weighted by atomic mass is 10.5. The molecule has 0 aromatic carbocycles. The fourth-order valence-corrected chi connectivity index (χ4v) is 2.18. The van der Waals surface area contributed by atoms with Crippen molar-refractivity contribution in [2.24, 2.45) is 0 Å². The lowest BCUT2D eigenvalue weighted by Crippen LogP contribution is -2.26. The highest BCUT2D eigenvalue weighted by Gasteiger charge is 2.11. The van der Waals surface area contributed by atoms with Crippen LogP contribution in [0, 0.1) is 0 Å². The zero-order valence-electron chi connectivity index (χ0n) is 11.3. The maximum absolute atomic E-state index is 11.4. The molecule has 2 rings (SSSR count). The first-order chi connectivity index (χ1) is 9.55. The Kier molecular flexibility index (Phi) is 4.35. The van der Waals surface area contributed by atoms with Gasteiger partial charge in [0.2, 0.25) is 16.0 Å². The van der Waals surface area contributed by atoms with Crippen LogP contribution in [0.5, 0.6) is 0 Å². The van der Waals surface area contributed by atoms with Gasteiger partial charge in [0.1, 0.15) is 5.52 Å². The SMILES string of the molecule is CCNc1nc(NCCS(=O)(=O)NC)c2[nH]cnc2n1. The van der Waals surface area contributed by atoms with E-state index in [1.807, 2.05) is 6.92 Å². The third-order valence-electron chi connectivity index (χ3n) is 2.59. The van der Waals surface area contributed by atoms with Gasteiger partial charge in [-0.3, -0.25) is 0 Å². The zero-order chi connectivity index (χ0) is 14.6. The quantitative estimate of drug-likeness (QED) is 0.555. The number of aromatic nitrogens is 4. The number of H-pyrrole nitrogens is 1. The predicted molar refractivity (Wildman–Crippen MR) is 77.2 cm³/mol. The molecule has 4 N–H and O–H groups in total. The summed E-state index contributed by atoms with van der Waals surface area (Å²) in [5, 5.41) is 5.98. The molecule has 0 amide bonds. The number of imidazole rings is 1. The minimum Gasteiger partial charge on any atom is -0.367 e. The van der Waals surface area contributed by atoms with Gasteiger partial charge in [0.05, 0.1) is 12.1 Å². The van der Waals surface area contributed by atoms with E-state index in [1.165, 1.54) is 13.4 Å². The number of aromatic amines is 1. The monoisotopic (exact) mass is 299 g/mol. The Hall–Kier alpha value is -1.94. The number of hydrogen-bond donors (Lipinski definition) is 4. The molecule has 0 fully saturated rings. The van der Waals surface area contributed by atoms with E-state index in [4.69, 9.17) is 0 Å². The van der Waals surface area contributed by atoms with E-state index in [9.17, 15) is 8.42 Å². The maximum Gasteiger partial charge on any atom is 0.226 e. The summed E-state index contributed by atoms with van der Waals surface area (Å²) in [6, 6.07) is 0. The second-order valence-electron chi connectivity index (χ2n) is 3.98.